The van der Waals surface area contributed by atoms with Gasteiger partial charge in [-0.1, -0.05) is 48.5 Å². The summed E-state index contributed by atoms with van der Waals surface area (Å²) in [5.41, 5.74) is 1.10. The van der Waals surface area contributed by atoms with Gasteiger partial charge in [-0.15, -0.1) is 6.58 Å². The lowest BCUT2D eigenvalue weighted by Gasteiger charge is -2.06. The van der Waals surface area contributed by atoms with Gasteiger partial charge in [0.2, 0.25) is 0 Å². The Kier molecular flexibility index (Phi) is 4.26. The van der Waals surface area contributed by atoms with Crippen LogP contribution in [0.3, 0.4) is 0 Å². The molecule has 0 atom stereocenters. The normalized spacial score (nSPS) is 10.4. The van der Waals surface area contributed by atoms with Crippen molar-refractivity contribution in [3.8, 4) is 0 Å². The van der Waals surface area contributed by atoms with E-state index in [9.17, 15) is 4.79 Å². The summed E-state index contributed by atoms with van der Waals surface area (Å²) < 4.78 is 0. The Morgan fingerprint density at radius 3 is 2.78 bits per heavy atom. The predicted octanol–water partition coefficient (Wildman–Crippen LogP) is 2.73. The standard InChI is InChI=1S/C16H17NO/c1-2-10-17-12-15(18)11-14-8-5-7-13-6-3-4-9-16(13)14/h2-9,17H,1,10-12H2. The minimum atomic E-state index is 0.202. The van der Waals surface area contributed by atoms with E-state index < -0.39 is 0 Å². The van der Waals surface area contributed by atoms with Gasteiger partial charge in [0.25, 0.3) is 0 Å². The number of carbonyl (C=O) groups excluding carboxylic acids is 1. The molecule has 0 aliphatic carbocycles. The molecule has 0 fully saturated rings. The SMILES string of the molecule is C=CCNCC(=O)Cc1cccc2ccccc12. The van der Waals surface area contributed by atoms with Crippen LogP contribution in [0.15, 0.2) is 55.1 Å². The highest BCUT2D eigenvalue weighted by atomic mass is 16.1. The van der Waals surface area contributed by atoms with Gasteiger partial charge in [0.15, 0.2) is 5.78 Å². The lowest BCUT2D eigenvalue weighted by Crippen LogP contribution is -2.24. The first-order valence-electron chi connectivity index (χ1n) is 6.11. The average Bonchev–Trinajstić information content (AvgIpc) is 2.39. The number of nitrogens with one attached hydrogen (secondary N) is 1. The summed E-state index contributed by atoms with van der Waals surface area (Å²) in [6.45, 7) is 4.67. The molecule has 2 heteroatoms. The van der Waals surface area contributed by atoms with Crippen LogP contribution in [0, 0.1) is 0 Å². The second-order valence-electron chi connectivity index (χ2n) is 4.27. The minimum absolute atomic E-state index is 0.202. The predicted molar refractivity (Wildman–Crippen MR) is 75.7 cm³/mol. The zero-order valence-corrected chi connectivity index (χ0v) is 10.4. The first-order chi connectivity index (χ1) is 8.81. The second kappa shape index (κ2) is 6.12. The zero-order chi connectivity index (χ0) is 12.8. The lowest BCUT2D eigenvalue weighted by atomic mass is 10.0. The van der Waals surface area contributed by atoms with E-state index in [-0.39, 0.29) is 5.78 Å². The van der Waals surface area contributed by atoms with E-state index in [1.54, 1.807) is 6.08 Å². The van der Waals surface area contributed by atoms with E-state index in [1.165, 1.54) is 5.39 Å². The molecule has 18 heavy (non-hydrogen) atoms. The molecule has 2 aromatic rings. The summed E-state index contributed by atoms with van der Waals surface area (Å²) in [5.74, 6) is 0.202. The molecule has 0 saturated heterocycles. The van der Waals surface area contributed by atoms with Crippen LogP contribution in [0.4, 0.5) is 0 Å². The molecular weight excluding hydrogens is 222 g/mol. The van der Waals surface area contributed by atoms with Crippen LogP contribution in [-0.2, 0) is 11.2 Å². The molecule has 0 aliphatic heterocycles. The molecule has 92 valence electrons. The smallest absolute Gasteiger partial charge is 0.151 e. The van der Waals surface area contributed by atoms with E-state index >= 15 is 0 Å². The molecule has 0 bridgehead atoms. The number of fused-ring (bicyclic) bond motifs is 1. The number of hydrogen-bond acceptors (Lipinski definition) is 2. The Balaban J connectivity index is 2.11. The van der Waals surface area contributed by atoms with E-state index in [4.69, 9.17) is 0 Å². The Hall–Kier alpha value is -1.93. The van der Waals surface area contributed by atoms with Crippen LogP contribution in [0.25, 0.3) is 10.8 Å². The fourth-order valence-corrected chi connectivity index (χ4v) is 2.04. The molecule has 0 amide bonds. The van der Waals surface area contributed by atoms with Crippen molar-refractivity contribution in [1.29, 1.82) is 0 Å². The van der Waals surface area contributed by atoms with Crippen molar-refractivity contribution in [3.05, 3.63) is 60.7 Å². The van der Waals surface area contributed by atoms with Crippen LogP contribution in [0.1, 0.15) is 5.56 Å². The fourth-order valence-electron chi connectivity index (χ4n) is 2.04. The monoisotopic (exact) mass is 239 g/mol. The molecule has 0 heterocycles. The molecule has 2 aromatic carbocycles. The molecule has 0 saturated carbocycles. The summed E-state index contributed by atoms with van der Waals surface area (Å²) in [7, 11) is 0. The van der Waals surface area contributed by atoms with Crippen molar-refractivity contribution in [2.75, 3.05) is 13.1 Å². The highest BCUT2D eigenvalue weighted by Gasteiger charge is 2.06. The Morgan fingerprint density at radius 2 is 1.94 bits per heavy atom. The third-order valence-electron chi connectivity index (χ3n) is 2.88. The van der Waals surface area contributed by atoms with Gasteiger partial charge in [-0.3, -0.25) is 4.79 Å². The van der Waals surface area contributed by atoms with Gasteiger partial charge in [0.1, 0.15) is 0 Å². The van der Waals surface area contributed by atoms with Crippen molar-refractivity contribution in [2.45, 2.75) is 6.42 Å². The third kappa shape index (κ3) is 3.05. The fraction of sp³-hybridized carbons (Fsp3) is 0.188. The maximum Gasteiger partial charge on any atom is 0.151 e. The summed E-state index contributed by atoms with van der Waals surface area (Å²) >= 11 is 0. The number of Topliss-reactive ketones (excluding diaryl/α,β-unsaturated/α-hetero) is 1. The summed E-state index contributed by atoms with van der Waals surface area (Å²) in [6.07, 6.45) is 2.23. The van der Waals surface area contributed by atoms with Gasteiger partial charge in [0.05, 0.1) is 6.54 Å². The molecule has 0 aliphatic rings. The molecule has 0 radical (unpaired) electrons. The van der Waals surface area contributed by atoms with Crippen LogP contribution < -0.4 is 5.32 Å². The third-order valence-corrected chi connectivity index (χ3v) is 2.88. The second-order valence-corrected chi connectivity index (χ2v) is 4.27. The Morgan fingerprint density at radius 1 is 1.17 bits per heavy atom. The van der Waals surface area contributed by atoms with Gasteiger partial charge in [-0.2, -0.15) is 0 Å². The maximum atomic E-state index is 11.8. The lowest BCUT2D eigenvalue weighted by molar-refractivity contribution is -0.117. The number of carbonyl (C=O) groups is 1. The Bertz CT molecular complexity index is 555. The van der Waals surface area contributed by atoms with Crippen molar-refractivity contribution in [1.82, 2.24) is 5.32 Å². The van der Waals surface area contributed by atoms with Crippen LogP contribution >= 0.6 is 0 Å². The number of ketones is 1. The summed E-state index contributed by atoms with van der Waals surface area (Å²) in [4.78, 5) is 11.8. The van der Waals surface area contributed by atoms with Crippen LogP contribution in [0.2, 0.25) is 0 Å². The van der Waals surface area contributed by atoms with Crippen LogP contribution in [-0.4, -0.2) is 18.9 Å². The van der Waals surface area contributed by atoms with Crippen molar-refractivity contribution >= 4 is 16.6 Å². The van der Waals surface area contributed by atoms with Crippen molar-refractivity contribution in [2.24, 2.45) is 0 Å². The molecule has 1 N–H and O–H groups in total. The number of rotatable bonds is 6. The van der Waals surface area contributed by atoms with E-state index in [0.29, 0.717) is 19.5 Å². The van der Waals surface area contributed by atoms with Gasteiger partial charge >= 0.3 is 0 Å². The van der Waals surface area contributed by atoms with E-state index in [0.717, 1.165) is 10.9 Å². The Labute approximate surface area is 107 Å². The quantitative estimate of drug-likeness (QED) is 0.620. The average molecular weight is 239 g/mol. The maximum absolute atomic E-state index is 11.8. The molecule has 2 rings (SSSR count). The molecule has 0 spiro atoms. The van der Waals surface area contributed by atoms with E-state index in [1.807, 2.05) is 24.3 Å². The first kappa shape index (κ1) is 12.5. The molecule has 2 nitrogen and oxygen atoms in total. The summed E-state index contributed by atoms with van der Waals surface area (Å²) in [6, 6.07) is 14.2. The van der Waals surface area contributed by atoms with Crippen LogP contribution in [0.5, 0.6) is 0 Å². The van der Waals surface area contributed by atoms with Crippen molar-refractivity contribution in [3.63, 3.8) is 0 Å². The minimum Gasteiger partial charge on any atom is -0.307 e. The number of hydrogen-bond donors (Lipinski definition) is 1. The number of benzene rings is 2. The van der Waals surface area contributed by atoms with Crippen molar-refractivity contribution < 1.29 is 4.79 Å². The highest BCUT2D eigenvalue weighted by molar-refractivity contribution is 5.91. The largest absolute Gasteiger partial charge is 0.307 e. The topological polar surface area (TPSA) is 29.1 Å². The van der Waals surface area contributed by atoms with Gasteiger partial charge in [-0.05, 0) is 16.3 Å². The van der Waals surface area contributed by atoms with E-state index in [2.05, 4.69) is 30.1 Å². The first-order valence-corrected chi connectivity index (χ1v) is 6.11. The van der Waals surface area contributed by atoms with Gasteiger partial charge in [0, 0.05) is 13.0 Å². The zero-order valence-electron chi connectivity index (χ0n) is 10.4. The molecule has 0 unspecified atom stereocenters. The van der Waals surface area contributed by atoms with Gasteiger partial charge < -0.3 is 5.32 Å². The highest BCUT2D eigenvalue weighted by Crippen LogP contribution is 2.18. The van der Waals surface area contributed by atoms with Gasteiger partial charge in [-0.25, -0.2) is 0 Å². The summed E-state index contributed by atoms with van der Waals surface area (Å²) in [5, 5.41) is 5.38. The molecule has 0 aromatic heterocycles. The molecular formula is C16H17NO.